The minimum absolute atomic E-state index is 0.0520. The summed E-state index contributed by atoms with van der Waals surface area (Å²) in [5.41, 5.74) is 1.11. The Balaban J connectivity index is 1.35. The monoisotopic (exact) mass is 415 g/mol. The third-order valence-electron chi connectivity index (χ3n) is 6.53. The Hall–Kier alpha value is -2.75. The van der Waals surface area contributed by atoms with E-state index in [2.05, 4.69) is 20.7 Å². The molecule has 2 aliphatic rings. The Kier molecular flexibility index (Phi) is 5.85. The van der Waals surface area contributed by atoms with E-state index >= 15 is 0 Å². The number of amides is 2. The number of nitrogens with zero attached hydrogens (tertiary/aromatic N) is 6. The Morgan fingerprint density at radius 3 is 2.70 bits per heavy atom. The Labute approximate surface area is 175 Å². The molecule has 30 heavy (non-hydrogen) atoms. The number of aryl methyl sites for hydroxylation is 1. The van der Waals surface area contributed by atoms with E-state index in [1.807, 2.05) is 22.7 Å². The van der Waals surface area contributed by atoms with Crippen LogP contribution in [0.5, 0.6) is 0 Å². The Morgan fingerprint density at radius 2 is 2.07 bits per heavy atom. The molecule has 4 rings (SSSR count). The zero-order chi connectivity index (χ0) is 21.1. The third-order valence-corrected chi connectivity index (χ3v) is 6.53. The van der Waals surface area contributed by atoms with Gasteiger partial charge in [-0.1, -0.05) is 5.21 Å². The topological polar surface area (TPSA) is 107 Å². The number of ether oxygens (including phenoxy) is 1. The minimum atomic E-state index is -0.236. The molecule has 1 aliphatic carbocycles. The molecule has 1 atom stereocenters. The molecule has 162 valence electrons. The number of piperidine rings is 1. The Morgan fingerprint density at radius 1 is 1.27 bits per heavy atom. The van der Waals surface area contributed by atoms with Crippen molar-refractivity contribution in [2.75, 3.05) is 33.4 Å². The quantitative estimate of drug-likeness (QED) is 0.680. The maximum atomic E-state index is 12.8. The van der Waals surface area contributed by atoms with Crippen molar-refractivity contribution in [2.24, 2.45) is 5.41 Å². The fourth-order valence-electron chi connectivity index (χ4n) is 4.55. The van der Waals surface area contributed by atoms with Crippen LogP contribution in [0.2, 0.25) is 0 Å². The van der Waals surface area contributed by atoms with Crippen LogP contribution in [0.3, 0.4) is 0 Å². The standard InChI is InChI=1S/C20H29N7O3/c1-3-26-13-15(12-22-26)19(29)25-9-6-20(7-10-25)5-4-17(20)27-14-16(23-24-27)18(28)21-8-11-30-2/h12-14,17H,3-11H2,1-2H3,(H,21,28). The van der Waals surface area contributed by atoms with Crippen molar-refractivity contribution in [3.63, 3.8) is 0 Å². The first kappa shape index (κ1) is 20.5. The average Bonchev–Trinajstić information content (AvgIpc) is 3.42. The fraction of sp³-hybridized carbons (Fsp3) is 0.650. The van der Waals surface area contributed by atoms with Gasteiger partial charge in [-0.2, -0.15) is 5.10 Å². The van der Waals surface area contributed by atoms with E-state index in [0.717, 1.165) is 45.3 Å². The predicted molar refractivity (Wildman–Crippen MR) is 108 cm³/mol. The molecule has 0 bridgehead atoms. The summed E-state index contributed by atoms with van der Waals surface area (Å²) in [7, 11) is 1.59. The molecule has 1 spiro atoms. The number of aromatic nitrogens is 5. The number of hydrogen-bond acceptors (Lipinski definition) is 6. The summed E-state index contributed by atoms with van der Waals surface area (Å²) in [6.45, 7) is 5.11. The highest BCUT2D eigenvalue weighted by Crippen LogP contribution is 2.56. The molecule has 1 N–H and O–H groups in total. The number of likely N-dealkylation sites (tertiary alicyclic amines) is 1. The summed E-state index contributed by atoms with van der Waals surface area (Å²) >= 11 is 0. The van der Waals surface area contributed by atoms with Gasteiger partial charge in [0, 0.05) is 39.5 Å². The van der Waals surface area contributed by atoms with Gasteiger partial charge in [-0.25, -0.2) is 4.68 Å². The van der Waals surface area contributed by atoms with E-state index in [9.17, 15) is 9.59 Å². The van der Waals surface area contributed by atoms with Crippen LogP contribution >= 0.6 is 0 Å². The molecule has 2 aromatic rings. The highest BCUT2D eigenvalue weighted by Gasteiger charge is 2.50. The van der Waals surface area contributed by atoms with Crippen LogP contribution in [0, 0.1) is 5.41 Å². The van der Waals surface area contributed by atoms with Gasteiger partial charge in [-0.3, -0.25) is 14.3 Å². The van der Waals surface area contributed by atoms with E-state index in [1.54, 1.807) is 24.2 Å². The summed E-state index contributed by atoms with van der Waals surface area (Å²) in [6, 6.07) is 0.227. The van der Waals surface area contributed by atoms with Crippen molar-refractivity contribution in [1.29, 1.82) is 0 Å². The van der Waals surface area contributed by atoms with Crippen molar-refractivity contribution in [3.8, 4) is 0 Å². The lowest BCUT2D eigenvalue weighted by Gasteiger charge is -2.53. The van der Waals surface area contributed by atoms with Crippen molar-refractivity contribution in [2.45, 2.75) is 45.2 Å². The zero-order valence-corrected chi connectivity index (χ0v) is 17.6. The first-order valence-corrected chi connectivity index (χ1v) is 10.6. The molecule has 1 aliphatic heterocycles. The van der Waals surface area contributed by atoms with E-state index in [4.69, 9.17) is 4.74 Å². The maximum Gasteiger partial charge on any atom is 0.273 e. The first-order valence-electron chi connectivity index (χ1n) is 10.6. The van der Waals surface area contributed by atoms with Gasteiger partial charge < -0.3 is 15.0 Å². The number of hydrogen-bond donors (Lipinski definition) is 1. The number of methoxy groups -OCH3 is 1. The van der Waals surface area contributed by atoms with Crippen LogP contribution in [0.15, 0.2) is 18.6 Å². The second kappa shape index (κ2) is 8.55. The average molecular weight is 415 g/mol. The van der Waals surface area contributed by atoms with Gasteiger partial charge >= 0.3 is 0 Å². The van der Waals surface area contributed by atoms with Crippen LogP contribution in [0.1, 0.15) is 59.5 Å². The van der Waals surface area contributed by atoms with Crippen LogP contribution < -0.4 is 5.32 Å². The van der Waals surface area contributed by atoms with E-state index in [-0.39, 0.29) is 23.3 Å². The minimum Gasteiger partial charge on any atom is -0.383 e. The lowest BCUT2D eigenvalue weighted by Crippen LogP contribution is -2.51. The predicted octanol–water partition coefficient (Wildman–Crippen LogP) is 1.13. The third kappa shape index (κ3) is 3.83. The molecule has 3 heterocycles. The molecule has 1 saturated carbocycles. The highest BCUT2D eigenvalue weighted by molar-refractivity contribution is 5.93. The molecular formula is C20H29N7O3. The molecule has 2 amide bonds. The largest absolute Gasteiger partial charge is 0.383 e. The Bertz CT molecular complexity index is 898. The lowest BCUT2D eigenvalue weighted by atomic mass is 9.59. The maximum absolute atomic E-state index is 12.8. The van der Waals surface area contributed by atoms with E-state index in [1.165, 1.54) is 0 Å². The molecule has 2 aromatic heterocycles. The van der Waals surface area contributed by atoms with Crippen LogP contribution in [-0.4, -0.2) is 74.8 Å². The molecule has 10 heteroatoms. The van der Waals surface area contributed by atoms with Gasteiger partial charge in [-0.05, 0) is 38.0 Å². The van der Waals surface area contributed by atoms with Crippen LogP contribution in [0.4, 0.5) is 0 Å². The summed E-state index contributed by atoms with van der Waals surface area (Å²) in [6.07, 6.45) is 9.20. The molecule has 2 fully saturated rings. The van der Waals surface area contributed by atoms with Gasteiger partial charge in [0.15, 0.2) is 5.69 Å². The number of rotatable bonds is 7. The van der Waals surface area contributed by atoms with Gasteiger partial charge in [0.1, 0.15) is 0 Å². The molecule has 1 unspecified atom stereocenters. The van der Waals surface area contributed by atoms with Gasteiger partial charge in [0.25, 0.3) is 11.8 Å². The van der Waals surface area contributed by atoms with Crippen LogP contribution in [-0.2, 0) is 11.3 Å². The summed E-state index contributed by atoms with van der Waals surface area (Å²) in [5.74, 6) is -0.184. The second-order valence-corrected chi connectivity index (χ2v) is 8.13. The first-order chi connectivity index (χ1) is 14.6. The normalized spacial score (nSPS) is 20.2. The fourth-order valence-corrected chi connectivity index (χ4v) is 4.55. The lowest BCUT2D eigenvalue weighted by molar-refractivity contribution is -0.0268. The molecule has 1 saturated heterocycles. The van der Waals surface area contributed by atoms with E-state index < -0.39 is 0 Å². The molecule has 10 nitrogen and oxygen atoms in total. The number of carbonyl (C=O) groups excluding carboxylic acids is 2. The molecule has 0 radical (unpaired) electrons. The molecule has 0 aromatic carbocycles. The van der Waals surface area contributed by atoms with Gasteiger partial charge in [-0.15, -0.1) is 5.10 Å². The summed E-state index contributed by atoms with van der Waals surface area (Å²) in [4.78, 5) is 26.9. The van der Waals surface area contributed by atoms with Gasteiger partial charge in [0.05, 0.1) is 30.6 Å². The van der Waals surface area contributed by atoms with E-state index in [0.29, 0.717) is 24.4 Å². The second-order valence-electron chi connectivity index (χ2n) is 8.13. The van der Waals surface area contributed by atoms with Gasteiger partial charge in [0.2, 0.25) is 0 Å². The molecular weight excluding hydrogens is 386 g/mol. The van der Waals surface area contributed by atoms with Crippen molar-refractivity contribution in [3.05, 3.63) is 29.8 Å². The SMILES string of the molecule is CCn1cc(C(=O)N2CCC3(CCC3n3cc(C(=O)NCCOC)nn3)CC2)cn1. The van der Waals surface area contributed by atoms with Crippen molar-refractivity contribution in [1.82, 2.24) is 35.0 Å². The van der Waals surface area contributed by atoms with Crippen molar-refractivity contribution < 1.29 is 14.3 Å². The smallest absolute Gasteiger partial charge is 0.273 e. The summed E-state index contributed by atoms with van der Waals surface area (Å²) < 4.78 is 8.56. The van der Waals surface area contributed by atoms with Crippen molar-refractivity contribution >= 4 is 11.8 Å². The summed E-state index contributed by atoms with van der Waals surface area (Å²) in [5, 5.41) is 15.3. The van der Waals surface area contributed by atoms with Crippen LogP contribution in [0.25, 0.3) is 0 Å². The zero-order valence-electron chi connectivity index (χ0n) is 17.6. The number of nitrogens with one attached hydrogen (secondary N) is 1. The number of carbonyl (C=O) groups is 2. The highest BCUT2D eigenvalue weighted by atomic mass is 16.5.